The topological polar surface area (TPSA) is 54.1 Å². The summed E-state index contributed by atoms with van der Waals surface area (Å²) in [5.74, 6) is 0.317. The lowest BCUT2D eigenvalue weighted by atomic mass is 10.1. The number of amides is 1. The highest BCUT2D eigenvalue weighted by molar-refractivity contribution is 8.13. The molecule has 0 aromatic heterocycles. The number of aryl methyl sites for hydroxylation is 1. The molecule has 2 rings (SSSR count). The van der Waals surface area contributed by atoms with Crippen LogP contribution in [0.1, 0.15) is 11.1 Å². The number of nitrogens with zero attached hydrogens (tertiary/aromatic N) is 3. The fraction of sp³-hybridized carbons (Fsp3) is 0.167. The minimum atomic E-state index is -0.410. The van der Waals surface area contributed by atoms with Crippen molar-refractivity contribution in [1.82, 2.24) is 0 Å². The van der Waals surface area contributed by atoms with Gasteiger partial charge in [0.25, 0.3) is 5.91 Å². The van der Waals surface area contributed by atoms with Crippen molar-refractivity contribution < 1.29 is 4.79 Å². The van der Waals surface area contributed by atoms with E-state index in [-0.39, 0.29) is 5.70 Å². The highest BCUT2D eigenvalue weighted by Crippen LogP contribution is 2.20. The van der Waals surface area contributed by atoms with Crippen molar-refractivity contribution in [3.63, 3.8) is 0 Å². The van der Waals surface area contributed by atoms with Crippen molar-refractivity contribution in [3.8, 4) is 0 Å². The summed E-state index contributed by atoms with van der Waals surface area (Å²) in [4.78, 5) is 15.0. The van der Waals surface area contributed by atoms with E-state index in [0.717, 1.165) is 5.75 Å². The lowest BCUT2D eigenvalue weighted by molar-refractivity contribution is -0.114. The van der Waals surface area contributed by atoms with Gasteiger partial charge in [-0.25, -0.2) is 0 Å². The molecule has 0 bridgehead atoms. The average molecular weight is 245 g/mol. The number of amidine groups is 1. The molecule has 0 spiro atoms. The first kappa shape index (κ1) is 11.7. The highest BCUT2D eigenvalue weighted by Gasteiger charge is 2.13. The first-order valence-corrected chi connectivity index (χ1v) is 6.06. The second-order valence-electron chi connectivity index (χ2n) is 3.56. The Balaban J connectivity index is 2.03. The first-order chi connectivity index (χ1) is 8.16. The molecule has 1 aliphatic heterocycles. The molecule has 0 radical (unpaired) electrons. The van der Waals surface area contributed by atoms with Crippen LogP contribution in [0.5, 0.6) is 0 Å². The van der Waals surface area contributed by atoms with Gasteiger partial charge in [0.2, 0.25) is 5.17 Å². The number of aliphatic imine (C=N–C) groups is 1. The Morgan fingerprint density at radius 2 is 2.06 bits per heavy atom. The molecule has 0 unspecified atom stereocenters. The fourth-order valence-corrected chi connectivity index (χ4v) is 2.15. The van der Waals surface area contributed by atoms with Crippen LogP contribution in [0, 0.1) is 6.92 Å². The number of azo groups is 1. The molecule has 0 atom stereocenters. The fourth-order valence-electron chi connectivity index (χ4n) is 1.30. The Morgan fingerprint density at radius 1 is 1.29 bits per heavy atom. The van der Waals surface area contributed by atoms with Gasteiger partial charge in [-0.1, -0.05) is 42.6 Å². The first-order valence-electron chi connectivity index (χ1n) is 5.08. The Labute approximate surface area is 104 Å². The van der Waals surface area contributed by atoms with E-state index < -0.39 is 5.91 Å². The van der Waals surface area contributed by atoms with Crippen LogP contribution in [0.2, 0.25) is 0 Å². The number of hydrogen-bond donors (Lipinski definition) is 0. The number of hydrogen-bond acceptors (Lipinski definition) is 4. The second kappa shape index (κ2) is 5.05. The molecule has 0 aliphatic carbocycles. The lowest BCUT2D eigenvalue weighted by Gasteiger charge is -2.06. The maximum absolute atomic E-state index is 11.2. The van der Waals surface area contributed by atoms with Crippen LogP contribution in [0.3, 0.4) is 0 Å². The molecule has 1 heterocycles. The van der Waals surface area contributed by atoms with Gasteiger partial charge < -0.3 is 0 Å². The number of carbonyl (C=O) groups is 1. The summed E-state index contributed by atoms with van der Waals surface area (Å²) in [6.45, 7) is 5.48. The molecule has 0 N–H and O–H groups in total. The van der Waals surface area contributed by atoms with Gasteiger partial charge in [-0.15, -0.1) is 10.2 Å². The smallest absolute Gasteiger partial charge is 0.265 e. The van der Waals surface area contributed by atoms with Gasteiger partial charge in [0, 0.05) is 5.75 Å². The van der Waals surface area contributed by atoms with Crippen molar-refractivity contribution in [2.24, 2.45) is 15.2 Å². The Morgan fingerprint density at radius 3 is 2.76 bits per heavy atom. The summed E-state index contributed by atoms with van der Waals surface area (Å²) in [5, 5.41) is 7.87. The third-order valence-corrected chi connectivity index (χ3v) is 3.20. The normalized spacial score (nSPS) is 15.0. The molecular formula is C12H11N3OS. The highest BCUT2D eigenvalue weighted by atomic mass is 32.2. The summed E-state index contributed by atoms with van der Waals surface area (Å²) in [6.07, 6.45) is 0. The molecule has 0 fully saturated rings. The maximum Gasteiger partial charge on any atom is 0.299 e. The van der Waals surface area contributed by atoms with Crippen molar-refractivity contribution in [2.45, 2.75) is 12.7 Å². The van der Waals surface area contributed by atoms with E-state index in [1.54, 1.807) is 0 Å². The molecule has 86 valence electrons. The summed E-state index contributed by atoms with van der Waals surface area (Å²) < 4.78 is 0. The summed E-state index contributed by atoms with van der Waals surface area (Å²) in [7, 11) is 0. The van der Waals surface area contributed by atoms with Gasteiger partial charge in [0.15, 0.2) is 0 Å². The molecular weight excluding hydrogens is 234 g/mol. The van der Waals surface area contributed by atoms with E-state index in [4.69, 9.17) is 0 Å². The zero-order valence-electron chi connectivity index (χ0n) is 9.38. The van der Waals surface area contributed by atoms with Crippen LogP contribution in [0.15, 0.2) is 51.8 Å². The Kier molecular flexibility index (Phi) is 3.49. The van der Waals surface area contributed by atoms with Gasteiger partial charge in [0.1, 0.15) is 5.70 Å². The van der Waals surface area contributed by atoms with Crippen LogP contribution in [-0.4, -0.2) is 11.1 Å². The second-order valence-corrected chi connectivity index (χ2v) is 4.50. The summed E-state index contributed by atoms with van der Waals surface area (Å²) >= 11 is 1.40. The third-order valence-electron chi connectivity index (χ3n) is 2.32. The third kappa shape index (κ3) is 2.88. The van der Waals surface area contributed by atoms with E-state index in [9.17, 15) is 4.79 Å². The molecule has 0 saturated carbocycles. The van der Waals surface area contributed by atoms with E-state index >= 15 is 0 Å². The van der Waals surface area contributed by atoms with Crippen LogP contribution in [0.4, 0.5) is 0 Å². The molecule has 1 aliphatic rings. The number of carbonyl (C=O) groups excluding carboxylic acids is 1. The van der Waals surface area contributed by atoms with Gasteiger partial charge in [-0.05, 0) is 18.1 Å². The van der Waals surface area contributed by atoms with Crippen molar-refractivity contribution in [1.29, 1.82) is 0 Å². The molecule has 1 aromatic rings. The standard InChI is InChI=1S/C12H11N3OS/c1-8-5-3-4-6-10(8)7-17-12-13-11(16)9(2)14-15-12/h3-6H,2,7H2,1H3. The largest absolute Gasteiger partial charge is 0.299 e. The zero-order valence-corrected chi connectivity index (χ0v) is 10.2. The Bertz CT molecular complexity index is 534. The van der Waals surface area contributed by atoms with E-state index in [2.05, 4.69) is 21.8 Å². The van der Waals surface area contributed by atoms with Crippen LogP contribution in [-0.2, 0) is 10.5 Å². The van der Waals surface area contributed by atoms with Gasteiger partial charge in [-0.3, -0.25) is 4.79 Å². The number of rotatable bonds is 2. The van der Waals surface area contributed by atoms with Crippen molar-refractivity contribution >= 4 is 22.8 Å². The quantitative estimate of drug-likeness (QED) is 0.752. The SMILES string of the molecule is C=C1N=NC(SCc2ccccc2C)=NC1=O. The minimum absolute atomic E-state index is 0.0882. The lowest BCUT2D eigenvalue weighted by Crippen LogP contribution is -2.04. The maximum atomic E-state index is 11.2. The van der Waals surface area contributed by atoms with Gasteiger partial charge in [-0.2, -0.15) is 4.99 Å². The van der Waals surface area contributed by atoms with Crippen LogP contribution in [0.25, 0.3) is 0 Å². The van der Waals surface area contributed by atoms with Crippen molar-refractivity contribution in [2.75, 3.05) is 0 Å². The predicted octanol–water partition coefficient (Wildman–Crippen LogP) is 3.09. The Hall–Kier alpha value is -1.75. The molecule has 5 heteroatoms. The molecule has 1 amide bonds. The van der Waals surface area contributed by atoms with Gasteiger partial charge in [0.05, 0.1) is 0 Å². The molecule has 4 nitrogen and oxygen atoms in total. The van der Waals surface area contributed by atoms with E-state index in [0.29, 0.717) is 5.17 Å². The number of thioether (sulfide) groups is 1. The van der Waals surface area contributed by atoms with E-state index in [1.807, 2.05) is 31.2 Å². The predicted molar refractivity (Wildman–Crippen MR) is 68.9 cm³/mol. The number of benzene rings is 1. The zero-order chi connectivity index (χ0) is 12.3. The van der Waals surface area contributed by atoms with Crippen molar-refractivity contribution in [3.05, 3.63) is 47.7 Å². The molecule has 1 aromatic carbocycles. The average Bonchev–Trinajstić information content (AvgIpc) is 2.32. The molecule has 0 saturated heterocycles. The van der Waals surface area contributed by atoms with Crippen LogP contribution < -0.4 is 0 Å². The van der Waals surface area contributed by atoms with E-state index in [1.165, 1.54) is 22.9 Å². The monoisotopic (exact) mass is 245 g/mol. The summed E-state index contributed by atoms with van der Waals surface area (Å²) in [6, 6.07) is 8.08. The van der Waals surface area contributed by atoms with Gasteiger partial charge >= 0.3 is 0 Å². The summed E-state index contributed by atoms with van der Waals surface area (Å²) in [5.41, 5.74) is 2.50. The minimum Gasteiger partial charge on any atom is -0.265 e. The molecule has 17 heavy (non-hydrogen) atoms. The van der Waals surface area contributed by atoms with Crippen LogP contribution >= 0.6 is 11.8 Å².